The largest absolute Gasteiger partial charge is 0.448 e. The van der Waals surface area contributed by atoms with Crippen LogP contribution in [0.5, 0.6) is 0 Å². The summed E-state index contributed by atoms with van der Waals surface area (Å²) in [6.07, 6.45) is 1.89. The minimum Gasteiger partial charge on any atom is -0.448 e. The van der Waals surface area contributed by atoms with Crippen molar-refractivity contribution in [1.82, 2.24) is 9.78 Å². The second kappa shape index (κ2) is 3.59. The Kier molecular flexibility index (Phi) is 2.43. The van der Waals surface area contributed by atoms with Crippen LogP contribution in [-0.4, -0.2) is 9.78 Å². The van der Waals surface area contributed by atoms with Crippen molar-refractivity contribution in [3.8, 4) is 11.5 Å². The van der Waals surface area contributed by atoms with E-state index in [9.17, 15) is 0 Å². The molecule has 14 heavy (non-hydrogen) atoms. The molecule has 2 aromatic heterocycles. The zero-order valence-corrected chi connectivity index (χ0v) is 9.28. The first kappa shape index (κ1) is 9.48. The van der Waals surface area contributed by atoms with Crippen molar-refractivity contribution < 1.29 is 4.42 Å². The Labute approximate surface area is 89.8 Å². The Balaban J connectivity index is 2.49. The first-order chi connectivity index (χ1) is 6.70. The number of nitrogens with two attached hydrogens (primary N) is 1. The molecule has 0 aliphatic heterocycles. The van der Waals surface area contributed by atoms with Crippen molar-refractivity contribution in [2.45, 2.75) is 6.54 Å². The second-order valence-electron chi connectivity index (χ2n) is 2.98. The van der Waals surface area contributed by atoms with Gasteiger partial charge in [0.25, 0.3) is 0 Å². The van der Waals surface area contributed by atoms with Gasteiger partial charge in [-0.25, -0.2) is 0 Å². The highest BCUT2D eigenvalue weighted by atomic mass is 79.9. The van der Waals surface area contributed by atoms with Gasteiger partial charge in [0.2, 0.25) is 0 Å². The van der Waals surface area contributed by atoms with E-state index in [0.717, 1.165) is 17.0 Å². The first-order valence-electron chi connectivity index (χ1n) is 4.19. The van der Waals surface area contributed by atoms with Crippen LogP contribution in [0.15, 0.2) is 27.4 Å². The maximum absolute atomic E-state index is 5.60. The minimum absolute atomic E-state index is 0.460. The molecule has 0 aromatic carbocycles. The number of nitrogens with zero attached hydrogens (tertiary/aromatic N) is 2. The molecule has 0 radical (unpaired) electrons. The summed E-state index contributed by atoms with van der Waals surface area (Å²) in [5, 5.41) is 4.29. The van der Waals surface area contributed by atoms with Gasteiger partial charge in [-0.2, -0.15) is 5.10 Å². The monoisotopic (exact) mass is 255 g/mol. The smallest absolute Gasteiger partial charge is 0.169 e. The normalized spacial score (nSPS) is 10.8. The van der Waals surface area contributed by atoms with E-state index in [0.29, 0.717) is 11.2 Å². The highest BCUT2D eigenvalue weighted by Crippen LogP contribution is 2.26. The lowest BCUT2D eigenvalue weighted by molar-refractivity contribution is 0.551. The molecule has 0 atom stereocenters. The number of aromatic nitrogens is 2. The fraction of sp³-hybridized carbons (Fsp3) is 0.222. The number of aryl methyl sites for hydroxylation is 1. The summed E-state index contributed by atoms with van der Waals surface area (Å²) < 4.78 is 7.84. The third-order valence-electron chi connectivity index (χ3n) is 1.93. The van der Waals surface area contributed by atoms with Gasteiger partial charge >= 0.3 is 0 Å². The van der Waals surface area contributed by atoms with Crippen LogP contribution in [0.25, 0.3) is 11.5 Å². The zero-order chi connectivity index (χ0) is 10.1. The molecule has 0 amide bonds. The molecule has 74 valence electrons. The predicted molar refractivity (Wildman–Crippen MR) is 56.5 cm³/mol. The lowest BCUT2D eigenvalue weighted by atomic mass is 10.2. The molecule has 2 rings (SSSR count). The lowest BCUT2D eigenvalue weighted by Crippen LogP contribution is -1.95. The molecular weight excluding hydrogens is 246 g/mol. The van der Waals surface area contributed by atoms with E-state index in [1.54, 1.807) is 4.68 Å². The van der Waals surface area contributed by atoms with Crippen molar-refractivity contribution in [1.29, 1.82) is 0 Å². The van der Waals surface area contributed by atoms with Gasteiger partial charge in [-0.3, -0.25) is 4.68 Å². The van der Waals surface area contributed by atoms with Crippen molar-refractivity contribution in [2.24, 2.45) is 12.8 Å². The molecular formula is C9H10BrN3O. The third-order valence-corrected chi connectivity index (χ3v) is 2.36. The molecule has 0 aliphatic carbocycles. The van der Waals surface area contributed by atoms with Gasteiger partial charge in [-0.05, 0) is 28.1 Å². The fourth-order valence-corrected chi connectivity index (χ4v) is 1.64. The van der Waals surface area contributed by atoms with Gasteiger partial charge in [0.15, 0.2) is 10.4 Å². The highest BCUT2D eigenvalue weighted by molar-refractivity contribution is 9.10. The Bertz CT molecular complexity index is 447. The average molecular weight is 256 g/mol. The van der Waals surface area contributed by atoms with E-state index in [4.69, 9.17) is 10.2 Å². The molecule has 2 heterocycles. The molecule has 5 heteroatoms. The van der Waals surface area contributed by atoms with Crippen LogP contribution in [0.4, 0.5) is 0 Å². The van der Waals surface area contributed by atoms with Crippen LogP contribution in [0, 0.1) is 0 Å². The van der Waals surface area contributed by atoms with E-state index in [2.05, 4.69) is 21.0 Å². The summed E-state index contributed by atoms with van der Waals surface area (Å²) >= 11 is 3.25. The zero-order valence-electron chi connectivity index (χ0n) is 7.70. The van der Waals surface area contributed by atoms with E-state index in [1.807, 2.05) is 25.4 Å². The molecule has 0 fully saturated rings. The van der Waals surface area contributed by atoms with Crippen LogP contribution in [0.1, 0.15) is 5.56 Å². The second-order valence-corrected chi connectivity index (χ2v) is 3.77. The van der Waals surface area contributed by atoms with Crippen LogP contribution >= 0.6 is 15.9 Å². The predicted octanol–water partition coefficient (Wildman–Crippen LogP) is 1.90. The number of rotatable bonds is 2. The highest BCUT2D eigenvalue weighted by Gasteiger charge is 2.11. The van der Waals surface area contributed by atoms with Crippen molar-refractivity contribution >= 4 is 15.9 Å². The summed E-state index contributed by atoms with van der Waals surface area (Å²) in [6, 6.07) is 3.70. The van der Waals surface area contributed by atoms with E-state index in [1.165, 1.54) is 0 Å². The number of halogens is 1. The van der Waals surface area contributed by atoms with Gasteiger partial charge < -0.3 is 10.2 Å². The van der Waals surface area contributed by atoms with Gasteiger partial charge in [0.05, 0.1) is 0 Å². The third kappa shape index (κ3) is 1.60. The molecule has 2 aromatic rings. The summed E-state index contributed by atoms with van der Waals surface area (Å²) in [7, 11) is 1.86. The van der Waals surface area contributed by atoms with Gasteiger partial charge in [0, 0.05) is 25.4 Å². The van der Waals surface area contributed by atoms with Crippen molar-refractivity contribution in [2.75, 3.05) is 0 Å². The molecule has 0 spiro atoms. The lowest BCUT2D eigenvalue weighted by Gasteiger charge is -1.93. The van der Waals surface area contributed by atoms with Crippen molar-refractivity contribution in [3.63, 3.8) is 0 Å². The molecule has 0 bridgehead atoms. The maximum Gasteiger partial charge on any atom is 0.169 e. The minimum atomic E-state index is 0.460. The molecule has 0 aliphatic rings. The summed E-state index contributed by atoms with van der Waals surface area (Å²) in [5.41, 5.74) is 7.39. The van der Waals surface area contributed by atoms with Crippen LogP contribution in [0.2, 0.25) is 0 Å². The summed E-state index contributed by atoms with van der Waals surface area (Å²) in [5.74, 6) is 0.734. The Hall–Kier alpha value is -1.07. The first-order valence-corrected chi connectivity index (χ1v) is 4.98. The topological polar surface area (TPSA) is 57.0 Å². The number of hydrogen-bond donors (Lipinski definition) is 1. The van der Waals surface area contributed by atoms with E-state index < -0.39 is 0 Å². The van der Waals surface area contributed by atoms with Gasteiger partial charge in [-0.1, -0.05) is 0 Å². The quantitative estimate of drug-likeness (QED) is 0.892. The van der Waals surface area contributed by atoms with Crippen LogP contribution < -0.4 is 5.73 Å². The summed E-state index contributed by atoms with van der Waals surface area (Å²) in [4.78, 5) is 0. The molecule has 4 nitrogen and oxygen atoms in total. The Morgan fingerprint density at radius 3 is 2.93 bits per heavy atom. The molecule has 0 saturated carbocycles. The Morgan fingerprint density at radius 1 is 1.57 bits per heavy atom. The number of hydrogen-bond acceptors (Lipinski definition) is 3. The van der Waals surface area contributed by atoms with Crippen LogP contribution in [0.3, 0.4) is 0 Å². The molecule has 2 N–H and O–H groups in total. The number of furan rings is 1. The van der Waals surface area contributed by atoms with Crippen LogP contribution in [-0.2, 0) is 13.6 Å². The molecule has 0 saturated heterocycles. The maximum atomic E-state index is 5.60. The fourth-order valence-electron chi connectivity index (χ4n) is 1.34. The van der Waals surface area contributed by atoms with Gasteiger partial charge in [-0.15, -0.1) is 0 Å². The van der Waals surface area contributed by atoms with E-state index >= 15 is 0 Å². The Morgan fingerprint density at radius 2 is 2.36 bits per heavy atom. The van der Waals surface area contributed by atoms with Gasteiger partial charge in [0.1, 0.15) is 5.69 Å². The van der Waals surface area contributed by atoms with Crippen molar-refractivity contribution in [3.05, 3.63) is 28.6 Å². The molecule has 0 unspecified atom stereocenters. The standard InChI is InChI=1S/C9H10BrN3O/c1-13-5-6(4-11)9(12-13)7-2-3-8(10)14-7/h2-3,5H,4,11H2,1H3. The average Bonchev–Trinajstić information content (AvgIpc) is 2.71. The van der Waals surface area contributed by atoms with E-state index in [-0.39, 0.29) is 0 Å². The SMILES string of the molecule is Cn1cc(CN)c(-c2ccc(Br)o2)n1. The summed E-state index contributed by atoms with van der Waals surface area (Å²) in [6.45, 7) is 0.460.